The first-order valence-corrected chi connectivity index (χ1v) is 11.5. The Kier molecular flexibility index (Phi) is 5.00. The van der Waals surface area contributed by atoms with Crippen molar-refractivity contribution < 1.29 is 28.6 Å². The minimum absolute atomic E-state index is 0.0526. The van der Waals surface area contributed by atoms with Gasteiger partial charge >= 0.3 is 5.97 Å². The number of alkyl halides is 1. The van der Waals surface area contributed by atoms with Crippen molar-refractivity contribution in [2.24, 2.45) is 34.5 Å². The van der Waals surface area contributed by atoms with Crippen molar-refractivity contribution in [2.45, 2.75) is 90.3 Å². The minimum atomic E-state index is -1.84. The van der Waals surface area contributed by atoms with Gasteiger partial charge in [0.05, 0.1) is 0 Å². The first-order chi connectivity index (χ1) is 13.9. The third-order valence-electron chi connectivity index (χ3n) is 9.96. The second-order valence-corrected chi connectivity index (χ2v) is 11.0. The second-order valence-electron chi connectivity index (χ2n) is 11.0. The number of halogens is 1. The van der Waals surface area contributed by atoms with E-state index in [2.05, 4.69) is 6.92 Å². The number of carbonyl (C=O) groups is 3. The zero-order chi connectivity index (χ0) is 22.1. The summed E-state index contributed by atoms with van der Waals surface area (Å²) in [7, 11) is 0. The van der Waals surface area contributed by atoms with Crippen LogP contribution in [0.3, 0.4) is 0 Å². The Morgan fingerprint density at radius 2 is 1.87 bits per heavy atom. The van der Waals surface area contributed by atoms with E-state index in [-0.39, 0.29) is 23.7 Å². The van der Waals surface area contributed by atoms with E-state index in [4.69, 9.17) is 4.74 Å². The first-order valence-electron chi connectivity index (χ1n) is 11.5. The predicted octanol–water partition coefficient (Wildman–Crippen LogP) is 3.80. The Hall–Kier alpha value is -1.30. The van der Waals surface area contributed by atoms with Crippen LogP contribution in [-0.4, -0.2) is 40.5 Å². The molecule has 0 aliphatic heterocycles. The third kappa shape index (κ3) is 2.64. The molecule has 4 saturated carbocycles. The Morgan fingerprint density at radius 1 is 1.17 bits per heavy atom. The molecule has 0 spiro atoms. The fourth-order valence-electron chi connectivity index (χ4n) is 8.21. The van der Waals surface area contributed by atoms with Crippen molar-refractivity contribution in [3.05, 3.63) is 0 Å². The summed E-state index contributed by atoms with van der Waals surface area (Å²) < 4.78 is 22.0. The third-order valence-corrected chi connectivity index (χ3v) is 9.96. The van der Waals surface area contributed by atoms with Crippen LogP contribution in [0.25, 0.3) is 0 Å². The van der Waals surface area contributed by atoms with Crippen LogP contribution in [-0.2, 0) is 19.1 Å². The zero-order valence-corrected chi connectivity index (χ0v) is 18.6. The van der Waals surface area contributed by atoms with Crippen molar-refractivity contribution in [3.63, 3.8) is 0 Å². The van der Waals surface area contributed by atoms with E-state index in [0.717, 1.165) is 19.3 Å². The number of esters is 1. The Morgan fingerprint density at radius 3 is 2.53 bits per heavy atom. The fourth-order valence-corrected chi connectivity index (χ4v) is 8.21. The monoisotopic (exact) mass is 422 g/mol. The lowest BCUT2D eigenvalue weighted by Crippen LogP contribution is -2.66. The minimum Gasteiger partial charge on any atom is -0.458 e. The van der Waals surface area contributed by atoms with Crippen molar-refractivity contribution in [1.82, 2.24) is 0 Å². The molecule has 30 heavy (non-hydrogen) atoms. The van der Waals surface area contributed by atoms with E-state index < -0.39 is 41.0 Å². The van der Waals surface area contributed by atoms with Gasteiger partial charge in [0.1, 0.15) is 17.1 Å². The molecule has 0 aromatic rings. The van der Waals surface area contributed by atoms with Gasteiger partial charge in [-0.2, -0.15) is 0 Å². The largest absolute Gasteiger partial charge is 0.458 e. The SMILES string of the molecule is CC(=O)OCC(=O)[C@@]1(O)C(C)C[C@@]2(F)[C@@H]3CCC4CC(=O)CC[C@]4(C)[C@H]3CC[C@]12C. The first kappa shape index (κ1) is 21.9. The van der Waals surface area contributed by atoms with Gasteiger partial charge in [0.15, 0.2) is 6.61 Å². The smallest absolute Gasteiger partial charge is 0.303 e. The predicted molar refractivity (Wildman–Crippen MR) is 108 cm³/mol. The molecule has 0 saturated heterocycles. The molecule has 6 heteroatoms. The molecule has 4 aliphatic rings. The average molecular weight is 423 g/mol. The highest BCUT2D eigenvalue weighted by atomic mass is 19.1. The standard InChI is InChI=1S/C24H35FO5/c1-14-12-23(25)19-6-5-16-11-17(27)7-9-21(16,3)18(19)8-10-22(23,4)24(14,29)20(28)13-30-15(2)26/h14,16,18-19,29H,5-13H2,1-4H3/t14?,16?,18-,19+,21-,22-,23+,24-/m0/s1. The molecule has 1 N–H and O–H groups in total. The lowest BCUT2D eigenvalue weighted by Gasteiger charge is -2.62. The maximum Gasteiger partial charge on any atom is 0.303 e. The molecular weight excluding hydrogens is 387 g/mol. The van der Waals surface area contributed by atoms with E-state index in [1.54, 1.807) is 13.8 Å². The van der Waals surface area contributed by atoms with Crippen LogP contribution in [0.15, 0.2) is 0 Å². The van der Waals surface area contributed by atoms with Crippen molar-refractivity contribution in [1.29, 1.82) is 0 Å². The molecule has 4 fully saturated rings. The van der Waals surface area contributed by atoms with E-state index >= 15 is 4.39 Å². The van der Waals surface area contributed by atoms with Gasteiger partial charge in [-0.3, -0.25) is 14.4 Å². The highest BCUT2D eigenvalue weighted by molar-refractivity contribution is 5.91. The molecule has 0 heterocycles. The summed E-state index contributed by atoms with van der Waals surface area (Å²) in [5.41, 5.74) is -4.75. The molecule has 2 unspecified atom stereocenters. The average Bonchev–Trinajstić information content (AvgIpc) is 2.84. The summed E-state index contributed by atoms with van der Waals surface area (Å²) in [6.07, 6.45) is 4.86. The molecule has 5 nitrogen and oxygen atoms in total. The number of ether oxygens (including phenoxy) is 1. The molecule has 0 amide bonds. The molecule has 4 aliphatic carbocycles. The fraction of sp³-hybridized carbons (Fsp3) is 0.875. The van der Waals surface area contributed by atoms with Gasteiger partial charge in [-0.1, -0.05) is 20.8 Å². The van der Waals surface area contributed by atoms with Crippen LogP contribution in [0.1, 0.15) is 79.1 Å². The quantitative estimate of drug-likeness (QED) is 0.700. The normalized spacial score (nSPS) is 50.3. The number of hydrogen-bond donors (Lipinski definition) is 1. The number of hydrogen-bond acceptors (Lipinski definition) is 5. The van der Waals surface area contributed by atoms with Gasteiger partial charge in [-0.05, 0) is 67.6 Å². The maximum atomic E-state index is 17.1. The Labute approximate surface area is 178 Å². The molecule has 0 aromatic heterocycles. The number of fused-ring (bicyclic) bond motifs is 5. The topological polar surface area (TPSA) is 80.7 Å². The molecule has 8 atom stereocenters. The van der Waals surface area contributed by atoms with Crippen molar-refractivity contribution in [3.8, 4) is 0 Å². The van der Waals surface area contributed by atoms with E-state index in [1.165, 1.54) is 6.92 Å². The summed E-state index contributed by atoms with van der Waals surface area (Å²) in [5, 5.41) is 11.7. The van der Waals surface area contributed by atoms with Crippen molar-refractivity contribution >= 4 is 17.5 Å². The van der Waals surface area contributed by atoms with Gasteiger partial charge in [-0.15, -0.1) is 0 Å². The lowest BCUT2D eigenvalue weighted by atomic mass is 9.43. The number of Topliss-reactive ketones (excluding diaryl/α,β-unsaturated/α-hetero) is 2. The molecular formula is C24H35FO5. The van der Waals surface area contributed by atoms with Crippen molar-refractivity contribution in [2.75, 3.05) is 6.61 Å². The van der Waals surface area contributed by atoms with Gasteiger partial charge in [-0.25, -0.2) is 4.39 Å². The molecule has 0 bridgehead atoms. The highest BCUT2D eigenvalue weighted by Gasteiger charge is 2.76. The summed E-state index contributed by atoms with van der Waals surface area (Å²) >= 11 is 0. The van der Waals surface area contributed by atoms with Gasteiger partial charge in [0.25, 0.3) is 0 Å². The summed E-state index contributed by atoms with van der Waals surface area (Å²) in [6.45, 7) is 6.42. The van der Waals surface area contributed by atoms with Crippen LogP contribution in [0.2, 0.25) is 0 Å². The maximum absolute atomic E-state index is 17.1. The molecule has 0 radical (unpaired) electrons. The van der Waals surface area contributed by atoms with Gasteiger partial charge in [0, 0.05) is 25.2 Å². The lowest BCUT2D eigenvalue weighted by molar-refractivity contribution is -0.207. The van der Waals surface area contributed by atoms with E-state index in [0.29, 0.717) is 37.4 Å². The van der Waals surface area contributed by atoms with Crippen LogP contribution in [0, 0.1) is 34.5 Å². The van der Waals surface area contributed by atoms with Gasteiger partial charge in [0.2, 0.25) is 5.78 Å². The number of carbonyl (C=O) groups excluding carboxylic acids is 3. The number of ketones is 2. The van der Waals surface area contributed by atoms with Gasteiger partial charge < -0.3 is 9.84 Å². The Bertz CT molecular complexity index is 782. The van der Waals surface area contributed by atoms with Crippen LogP contribution >= 0.6 is 0 Å². The zero-order valence-electron chi connectivity index (χ0n) is 18.6. The number of aliphatic hydroxyl groups is 1. The molecule has 4 rings (SSSR count). The van der Waals surface area contributed by atoms with E-state index in [1.807, 2.05) is 0 Å². The Balaban J connectivity index is 1.68. The van der Waals surface area contributed by atoms with Crippen LogP contribution in [0.4, 0.5) is 4.39 Å². The summed E-state index contributed by atoms with van der Waals surface area (Å²) in [5.74, 6) is -1.13. The molecule has 0 aromatic carbocycles. The summed E-state index contributed by atoms with van der Waals surface area (Å²) in [4.78, 5) is 36.3. The van der Waals surface area contributed by atoms with Crippen LogP contribution < -0.4 is 0 Å². The number of rotatable bonds is 3. The van der Waals surface area contributed by atoms with E-state index in [9.17, 15) is 19.5 Å². The summed E-state index contributed by atoms with van der Waals surface area (Å²) in [6, 6.07) is 0. The second kappa shape index (κ2) is 6.85. The molecule has 168 valence electrons. The van der Waals surface area contributed by atoms with Crippen LogP contribution in [0.5, 0.6) is 0 Å². The highest BCUT2D eigenvalue weighted by Crippen LogP contribution is 2.72.